The lowest BCUT2D eigenvalue weighted by Gasteiger charge is -2.09. The van der Waals surface area contributed by atoms with E-state index in [0.29, 0.717) is 27.4 Å². The van der Waals surface area contributed by atoms with Crippen LogP contribution in [-0.2, 0) is 11.3 Å². The summed E-state index contributed by atoms with van der Waals surface area (Å²) >= 11 is 13.4. The van der Waals surface area contributed by atoms with Gasteiger partial charge in [-0.15, -0.1) is 10.2 Å². The van der Waals surface area contributed by atoms with Crippen molar-refractivity contribution in [3.63, 3.8) is 0 Å². The first-order valence-electron chi connectivity index (χ1n) is 8.36. The largest absolute Gasteiger partial charge is 0.324 e. The SMILES string of the molecule is CCn1c(SCC(=O)Nc2cccc(Cl)c2Cl)nnc1-c1cccc(C)c1. The second kappa shape index (κ2) is 8.78. The minimum absolute atomic E-state index is 0.188. The lowest BCUT2D eigenvalue weighted by molar-refractivity contribution is -0.113. The van der Waals surface area contributed by atoms with Gasteiger partial charge in [0.25, 0.3) is 0 Å². The Morgan fingerprint density at radius 1 is 1.19 bits per heavy atom. The molecule has 0 radical (unpaired) electrons. The molecule has 0 aliphatic carbocycles. The van der Waals surface area contributed by atoms with Crippen LogP contribution in [0.5, 0.6) is 0 Å². The van der Waals surface area contributed by atoms with E-state index in [1.165, 1.54) is 11.8 Å². The van der Waals surface area contributed by atoms with E-state index in [1.54, 1.807) is 18.2 Å². The van der Waals surface area contributed by atoms with Crippen molar-refractivity contribution < 1.29 is 4.79 Å². The third-order valence-electron chi connectivity index (χ3n) is 3.87. The summed E-state index contributed by atoms with van der Waals surface area (Å²) in [5.41, 5.74) is 2.66. The molecule has 0 atom stereocenters. The summed E-state index contributed by atoms with van der Waals surface area (Å²) in [6, 6.07) is 13.2. The first kappa shape index (κ1) is 19.7. The van der Waals surface area contributed by atoms with Crippen LogP contribution in [0.4, 0.5) is 5.69 Å². The molecule has 0 aliphatic rings. The average molecular weight is 421 g/mol. The van der Waals surface area contributed by atoms with Gasteiger partial charge in [-0.25, -0.2) is 0 Å². The number of halogens is 2. The predicted octanol–water partition coefficient (Wildman–Crippen LogP) is 5.31. The van der Waals surface area contributed by atoms with Gasteiger partial charge in [-0.3, -0.25) is 4.79 Å². The highest BCUT2D eigenvalue weighted by Crippen LogP contribution is 2.30. The molecule has 0 aliphatic heterocycles. The highest BCUT2D eigenvalue weighted by molar-refractivity contribution is 7.99. The van der Waals surface area contributed by atoms with Crippen LogP contribution < -0.4 is 5.32 Å². The molecule has 140 valence electrons. The monoisotopic (exact) mass is 420 g/mol. The van der Waals surface area contributed by atoms with Gasteiger partial charge in [-0.05, 0) is 32.0 Å². The zero-order chi connectivity index (χ0) is 19.4. The third kappa shape index (κ3) is 4.64. The van der Waals surface area contributed by atoms with E-state index in [-0.39, 0.29) is 11.7 Å². The van der Waals surface area contributed by atoms with Crippen molar-refractivity contribution in [2.75, 3.05) is 11.1 Å². The van der Waals surface area contributed by atoms with Gasteiger partial charge in [-0.2, -0.15) is 0 Å². The molecule has 0 saturated heterocycles. The average Bonchev–Trinajstić information content (AvgIpc) is 3.07. The minimum atomic E-state index is -0.188. The smallest absolute Gasteiger partial charge is 0.234 e. The number of aromatic nitrogens is 3. The fraction of sp³-hybridized carbons (Fsp3) is 0.211. The number of carbonyl (C=O) groups excluding carboxylic acids is 1. The highest BCUT2D eigenvalue weighted by atomic mass is 35.5. The quantitative estimate of drug-likeness (QED) is 0.548. The molecular weight excluding hydrogens is 403 g/mol. The van der Waals surface area contributed by atoms with E-state index in [2.05, 4.69) is 21.6 Å². The Morgan fingerprint density at radius 3 is 2.70 bits per heavy atom. The summed E-state index contributed by atoms with van der Waals surface area (Å²) in [5.74, 6) is 0.795. The number of carbonyl (C=O) groups is 1. The molecule has 0 fully saturated rings. The normalized spacial score (nSPS) is 10.8. The van der Waals surface area contributed by atoms with Crippen LogP contribution in [-0.4, -0.2) is 26.4 Å². The molecule has 0 spiro atoms. The number of thioether (sulfide) groups is 1. The number of amides is 1. The van der Waals surface area contributed by atoms with Crippen LogP contribution >= 0.6 is 35.0 Å². The van der Waals surface area contributed by atoms with Crippen LogP contribution in [0, 0.1) is 6.92 Å². The Bertz CT molecular complexity index is 974. The van der Waals surface area contributed by atoms with Crippen LogP contribution in [0.2, 0.25) is 10.0 Å². The van der Waals surface area contributed by atoms with Crippen LogP contribution in [0.25, 0.3) is 11.4 Å². The molecule has 1 amide bonds. The van der Waals surface area contributed by atoms with E-state index < -0.39 is 0 Å². The van der Waals surface area contributed by atoms with Gasteiger partial charge < -0.3 is 9.88 Å². The molecule has 0 saturated carbocycles. The molecule has 0 unspecified atom stereocenters. The number of benzene rings is 2. The van der Waals surface area contributed by atoms with Gasteiger partial charge in [0, 0.05) is 12.1 Å². The summed E-state index contributed by atoms with van der Waals surface area (Å²) in [6.07, 6.45) is 0. The molecular formula is C19H18Cl2N4OS. The molecule has 3 aromatic rings. The van der Waals surface area contributed by atoms with Crippen molar-refractivity contribution in [2.45, 2.75) is 25.5 Å². The van der Waals surface area contributed by atoms with Crippen LogP contribution in [0.15, 0.2) is 47.6 Å². The Balaban J connectivity index is 1.71. The zero-order valence-electron chi connectivity index (χ0n) is 14.9. The summed E-state index contributed by atoms with van der Waals surface area (Å²) in [4.78, 5) is 12.3. The Kier molecular flexibility index (Phi) is 6.42. The predicted molar refractivity (Wildman–Crippen MR) is 112 cm³/mol. The standard InChI is InChI=1S/C19H18Cl2N4OS/c1-3-25-18(13-7-4-6-12(2)10-13)23-24-19(25)27-11-16(26)22-15-9-5-8-14(20)17(15)21/h4-10H,3,11H2,1-2H3,(H,22,26). The molecule has 2 aromatic carbocycles. The molecule has 3 rings (SSSR count). The maximum Gasteiger partial charge on any atom is 0.234 e. The second-order valence-corrected chi connectivity index (χ2v) is 7.59. The molecule has 1 N–H and O–H groups in total. The van der Waals surface area contributed by atoms with Gasteiger partial charge in [0.05, 0.1) is 21.5 Å². The van der Waals surface area contributed by atoms with E-state index >= 15 is 0 Å². The Labute approximate surface area is 172 Å². The molecule has 5 nitrogen and oxygen atoms in total. The van der Waals surface area contributed by atoms with Gasteiger partial charge in [0.1, 0.15) is 0 Å². The number of nitrogens with zero attached hydrogens (tertiary/aromatic N) is 3. The van der Waals surface area contributed by atoms with Gasteiger partial charge in [0.2, 0.25) is 5.91 Å². The van der Waals surface area contributed by atoms with E-state index in [9.17, 15) is 4.79 Å². The van der Waals surface area contributed by atoms with Gasteiger partial charge in [-0.1, -0.05) is 64.8 Å². The van der Waals surface area contributed by atoms with E-state index in [4.69, 9.17) is 23.2 Å². The number of hydrogen-bond acceptors (Lipinski definition) is 4. The third-order valence-corrected chi connectivity index (χ3v) is 5.65. The summed E-state index contributed by atoms with van der Waals surface area (Å²) in [5, 5.41) is 12.8. The second-order valence-electron chi connectivity index (χ2n) is 5.86. The Hall–Kier alpha value is -2.02. The van der Waals surface area contributed by atoms with Crippen molar-refractivity contribution in [1.29, 1.82) is 0 Å². The molecule has 27 heavy (non-hydrogen) atoms. The summed E-state index contributed by atoms with van der Waals surface area (Å²) in [7, 11) is 0. The van der Waals surface area contributed by atoms with E-state index in [0.717, 1.165) is 17.0 Å². The molecule has 8 heteroatoms. The number of aryl methyl sites for hydroxylation is 1. The number of nitrogens with one attached hydrogen (secondary N) is 1. The Morgan fingerprint density at radius 2 is 1.96 bits per heavy atom. The molecule has 0 bridgehead atoms. The molecule has 1 heterocycles. The van der Waals surface area contributed by atoms with Gasteiger partial charge >= 0.3 is 0 Å². The van der Waals surface area contributed by atoms with Crippen molar-refractivity contribution in [1.82, 2.24) is 14.8 Å². The lowest BCUT2D eigenvalue weighted by Crippen LogP contribution is -2.15. The summed E-state index contributed by atoms with van der Waals surface area (Å²) < 4.78 is 2.00. The van der Waals surface area contributed by atoms with Gasteiger partial charge in [0.15, 0.2) is 11.0 Å². The zero-order valence-corrected chi connectivity index (χ0v) is 17.2. The minimum Gasteiger partial charge on any atom is -0.324 e. The first-order chi connectivity index (χ1) is 13.0. The number of hydrogen-bond donors (Lipinski definition) is 1. The topological polar surface area (TPSA) is 59.8 Å². The number of rotatable bonds is 6. The molecule has 1 aromatic heterocycles. The fourth-order valence-electron chi connectivity index (χ4n) is 2.59. The van der Waals surface area contributed by atoms with Crippen LogP contribution in [0.1, 0.15) is 12.5 Å². The summed E-state index contributed by atoms with van der Waals surface area (Å²) in [6.45, 7) is 4.77. The van der Waals surface area contributed by atoms with Crippen molar-refractivity contribution in [3.05, 3.63) is 58.1 Å². The maximum absolute atomic E-state index is 12.3. The van der Waals surface area contributed by atoms with Crippen molar-refractivity contribution >= 4 is 46.6 Å². The fourth-order valence-corrected chi connectivity index (χ4v) is 3.75. The number of anilines is 1. The van der Waals surface area contributed by atoms with E-state index in [1.807, 2.05) is 36.6 Å². The maximum atomic E-state index is 12.3. The van der Waals surface area contributed by atoms with Crippen molar-refractivity contribution in [2.24, 2.45) is 0 Å². The van der Waals surface area contributed by atoms with Crippen molar-refractivity contribution in [3.8, 4) is 11.4 Å². The first-order valence-corrected chi connectivity index (χ1v) is 10.1. The van der Waals surface area contributed by atoms with Crippen LogP contribution in [0.3, 0.4) is 0 Å². The lowest BCUT2D eigenvalue weighted by atomic mass is 10.1. The highest BCUT2D eigenvalue weighted by Gasteiger charge is 2.15.